The van der Waals surface area contributed by atoms with E-state index in [9.17, 15) is 0 Å². The number of benzene rings is 1. The van der Waals surface area contributed by atoms with E-state index < -0.39 is 0 Å². The molecule has 0 unspecified atom stereocenters. The monoisotopic (exact) mass is 259 g/mol. The Morgan fingerprint density at radius 2 is 1.89 bits per heavy atom. The summed E-state index contributed by atoms with van der Waals surface area (Å²) in [7, 11) is 1.83. The average Bonchev–Trinajstić information content (AvgIpc) is 2.70. The van der Waals surface area contributed by atoms with E-state index in [4.69, 9.17) is 17.3 Å². The molecule has 0 aliphatic heterocycles. The molecule has 1 aromatic carbocycles. The summed E-state index contributed by atoms with van der Waals surface area (Å²) in [6.07, 6.45) is 1.44. The van der Waals surface area contributed by atoms with Crippen molar-refractivity contribution in [3.8, 4) is 11.3 Å². The lowest BCUT2D eigenvalue weighted by molar-refractivity contribution is 0.789. The molecule has 0 saturated carbocycles. The van der Waals surface area contributed by atoms with Crippen molar-refractivity contribution in [1.82, 2.24) is 19.7 Å². The average molecular weight is 260 g/mol. The van der Waals surface area contributed by atoms with Gasteiger partial charge >= 0.3 is 0 Å². The van der Waals surface area contributed by atoms with Crippen LogP contribution in [-0.4, -0.2) is 19.7 Å². The summed E-state index contributed by atoms with van der Waals surface area (Å²) in [6.45, 7) is 0. The number of halogens is 1. The van der Waals surface area contributed by atoms with Crippen molar-refractivity contribution in [1.29, 1.82) is 0 Å². The van der Waals surface area contributed by atoms with Gasteiger partial charge < -0.3 is 5.73 Å². The minimum absolute atomic E-state index is 0.429. The van der Waals surface area contributed by atoms with Gasteiger partial charge in [-0.05, 0) is 12.1 Å². The number of hydrogen-bond acceptors (Lipinski definition) is 4. The first kappa shape index (κ1) is 11.0. The molecule has 0 saturated heterocycles. The number of fused-ring (bicyclic) bond motifs is 1. The second-order valence-corrected chi connectivity index (χ2v) is 4.37. The van der Waals surface area contributed by atoms with Gasteiger partial charge in [0.15, 0.2) is 5.65 Å². The molecule has 0 bridgehead atoms. The van der Waals surface area contributed by atoms with Crippen molar-refractivity contribution in [3.05, 3.63) is 35.6 Å². The molecule has 0 amide bonds. The Kier molecular flexibility index (Phi) is 2.41. The Labute approximate surface area is 108 Å². The molecule has 0 aliphatic carbocycles. The molecule has 0 atom stereocenters. The normalized spacial score (nSPS) is 11.0. The van der Waals surface area contributed by atoms with Crippen LogP contribution >= 0.6 is 11.6 Å². The van der Waals surface area contributed by atoms with Crippen LogP contribution in [0, 0.1) is 0 Å². The molecular weight excluding hydrogens is 250 g/mol. The largest absolute Gasteiger partial charge is 0.383 e. The predicted octanol–water partition coefficient (Wildman–Crippen LogP) is 2.27. The van der Waals surface area contributed by atoms with Gasteiger partial charge in [-0.15, -0.1) is 0 Å². The van der Waals surface area contributed by atoms with Gasteiger partial charge in [0, 0.05) is 17.6 Å². The molecule has 5 nitrogen and oxygen atoms in total. The number of anilines is 1. The quantitative estimate of drug-likeness (QED) is 0.728. The molecule has 0 fully saturated rings. The van der Waals surface area contributed by atoms with Crippen LogP contribution in [0.2, 0.25) is 5.02 Å². The van der Waals surface area contributed by atoms with E-state index in [2.05, 4.69) is 15.1 Å². The fourth-order valence-electron chi connectivity index (χ4n) is 1.92. The van der Waals surface area contributed by atoms with Crippen LogP contribution in [-0.2, 0) is 7.05 Å². The summed E-state index contributed by atoms with van der Waals surface area (Å²) in [6, 6.07) is 7.43. The van der Waals surface area contributed by atoms with E-state index >= 15 is 0 Å². The Morgan fingerprint density at radius 3 is 2.61 bits per heavy atom. The fraction of sp³-hybridized carbons (Fsp3) is 0.0833. The van der Waals surface area contributed by atoms with Gasteiger partial charge in [-0.25, -0.2) is 14.6 Å². The van der Waals surface area contributed by atoms with Crippen LogP contribution in [0.4, 0.5) is 5.82 Å². The van der Waals surface area contributed by atoms with Crippen molar-refractivity contribution in [2.24, 2.45) is 7.05 Å². The molecule has 0 radical (unpaired) electrons. The lowest BCUT2D eigenvalue weighted by atomic mass is 10.1. The van der Waals surface area contributed by atoms with E-state index in [1.165, 1.54) is 6.33 Å². The highest BCUT2D eigenvalue weighted by Gasteiger charge is 2.14. The Balaban J connectivity index is 2.32. The Hall–Kier alpha value is -2.14. The first-order valence-corrected chi connectivity index (χ1v) is 5.74. The molecule has 2 heterocycles. The highest BCUT2D eigenvalue weighted by Crippen LogP contribution is 2.29. The summed E-state index contributed by atoms with van der Waals surface area (Å²) in [5.41, 5.74) is 8.32. The molecule has 6 heteroatoms. The lowest BCUT2D eigenvalue weighted by Crippen LogP contribution is -1.95. The van der Waals surface area contributed by atoms with Crippen LogP contribution in [0.25, 0.3) is 22.3 Å². The van der Waals surface area contributed by atoms with E-state index in [0.29, 0.717) is 16.5 Å². The maximum Gasteiger partial charge on any atom is 0.163 e. The minimum Gasteiger partial charge on any atom is -0.383 e. The van der Waals surface area contributed by atoms with Crippen molar-refractivity contribution >= 4 is 28.5 Å². The molecular formula is C12H10ClN5. The van der Waals surface area contributed by atoms with Gasteiger partial charge in [0.2, 0.25) is 0 Å². The molecule has 2 aromatic heterocycles. The van der Waals surface area contributed by atoms with Crippen molar-refractivity contribution < 1.29 is 0 Å². The number of aromatic nitrogens is 4. The number of hydrogen-bond donors (Lipinski definition) is 1. The van der Waals surface area contributed by atoms with Gasteiger partial charge in [-0.3, -0.25) is 0 Å². The molecule has 0 spiro atoms. The first-order chi connectivity index (χ1) is 8.66. The third kappa shape index (κ3) is 1.60. The summed E-state index contributed by atoms with van der Waals surface area (Å²) >= 11 is 5.88. The van der Waals surface area contributed by atoms with Gasteiger partial charge in [0.25, 0.3) is 0 Å². The second kappa shape index (κ2) is 3.96. The number of nitrogen functional groups attached to an aromatic ring is 1. The summed E-state index contributed by atoms with van der Waals surface area (Å²) < 4.78 is 1.69. The molecule has 90 valence electrons. The molecule has 2 N–H and O–H groups in total. The van der Waals surface area contributed by atoms with Gasteiger partial charge in [-0.2, -0.15) is 5.10 Å². The summed E-state index contributed by atoms with van der Waals surface area (Å²) in [5, 5.41) is 5.89. The molecule has 3 aromatic rings. The van der Waals surface area contributed by atoms with Gasteiger partial charge in [0.05, 0.1) is 5.39 Å². The van der Waals surface area contributed by atoms with Crippen LogP contribution in [0.1, 0.15) is 0 Å². The Bertz CT molecular complexity index is 717. The number of rotatable bonds is 1. The zero-order chi connectivity index (χ0) is 12.7. The maximum absolute atomic E-state index is 5.91. The highest BCUT2D eigenvalue weighted by atomic mass is 35.5. The lowest BCUT2D eigenvalue weighted by Gasteiger charge is -1.99. The van der Waals surface area contributed by atoms with Crippen LogP contribution < -0.4 is 5.73 Å². The topological polar surface area (TPSA) is 69.6 Å². The first-order valence-electron chi connectivity index (χ1n) is 5.36. The molecule has 0 aliphatic rings. The second-order valence-electron chi connectivity index (χ2n) is 3.94. The third-order valence-corrected chi connectivity index (χ3v) is 3.02. The highest BCUT2D eigenvalue weighted by molar-refractivity contribution is 6.30. The smallest absolute Gasteiger partial charge is 0.163 e. The zero-order valence-electron chi connectivity index (χ0n) is 9.63. The van der Waals surface area contributed by atoms with E-state index in [1.807, 2.05) is 31.3 Å². The van der Waals surface area contributed by atoms with Crippen LogP contribution in [0.5, 0.6) is 0 Å². The van der Waals surface area contributed by atoms with Crippen LogP contribution in [0.15, 0.2) is 30.6 Å². The Morgan fingerprint density at radius 1 is 1.17 bits per heavy atom. The number of nitrogens with two attached hydrogens (primary N) is 1. The summed E-state index contributed by atoms with van der Waals surface area (Å²) in [4.78, 5) is 8.20. The standard InChI is InChI=1S/C12H10ClN5/c1-18-12-9(11(14)15-6-16-12)10(17-18)7-2-4-8(13)5-3-7/h2-6H,1H3,(H2,14,15,16). The van der Waals surface area contributed by atoms with Gasteiger partial charge in [-0.1, -0.05) is 23.7 Å². The summed E-state index contributed by atoms with van der Waals surface area (Å²) in [5.74, 6) is 0.429. The van der Waals surface area contributed by atoms with Gasteiger partial charge in [0.1, 0.15) is 17.8 Å². The maximum atomic E-state index is 5.91. The van der Waals surface area contributed by atoms with Crippen molar-refractivity contribution in [2.45, 2.75) is 0 Å². The molecule has 3 rings (SSSR count). The minimum atomic E-state index is 0.429. The zero-order valence-corrected chi connectivity index (χ0v) is 10.4. The molecule has 18 heavy (non-hydrogen) atoms. The van der Waals surface area contributed by atoms with E-state index in [0.717, 1.165) is 16.6 Å². The third-order valence-electron chi connectivity index (χ3n) is 2.77. The van der Waals surface area contributed by atoms with Crippen LogP contribution in [0.3, 0.4) is 0 Å². The SMILES string of the molecule is Cn1nc(-c2ccc(Cl)cc2)c2c(N)ncnc21. The van der Waals surface area contributed by atoms with Crippen molar-refractivity contribution in [2.75, 3.05) is 5.73 Å². The van der Waals surface area contributed by atoms with E-state index in [-0.39, 0.29) is 0 Å². The fourth-order valence-corrected chi connectivity index (χ4v) is 2.05. The van der Waals surface area contributed by atoms with Crippen molar-refractivity contribution in [3.63, 3.8) is 0 Å². The van der Waals surface area contributed by atoms with E-state index in [1.54, 1.807) is 4.68 Å². The number of aryl methyl sites for hydroxylation is 1. The predicted molar refractivity (Wildman–Crippen MR) is 71.2 cm³/mol. The number of nitrogens with zero attached hydrogens (tertiary/aromatic N) is 4.